The van der Waals surface area contributed by atoms with Crippen LogP contribution in [0, 0.1) is 6.92 Å². The van der Waals surface area contributed by atoms with Crippen LogP contribution in [0.1, 0.15) is 31.1 Å². The Labute approximate surface area is 166 Å². The van der Waals surface area contributed by atoms with E-state index in [0.717, 1.165) is 22.3 Å². The molecular formula is C19H22BrN5O2. The number of ether oxygens (including phenoxy) is 1. The number of halogens is 1. The maximum Gasteiger partial charge on any atom is 0.249 e. The first kappa shape index (κ1) is 19.2. The van der Waals surface area contributed by atoms with E-state index in [9.17, 15) is 4.79 Å². The Kier molecular flexibility index (Phi) is 5.95. The molecule has 0 aliphatic carbocycles. The number of aromatic nitrogens is 4. The number of carbonyl (C=O) groups excluding carboxylic acids is 1. The molecule has 0 spiro atoms. The van der Waals surface area contributed by atoms with Crippen molar-refractivity contribution < 1.29 is 9.53 Å². The lowest BCUT2D eigenvalue weighted by atomic mass is 10.2. The van der Waals surface area contributed by atoms with Crippen molar-refractivity contribution in [3.05, 3.63) is 58.6 Å². The van der Waals surface area contributed by atoms with E-state index in [1.807, 2.05) is 31.2 Å². The molecule has 0 bridgehead atoms. The summed E-state index contributed by atoms with van der Waals surface area (Å²) in [6.45, 7) is 6.09. The minimum Gasteiger partial charge on any atom is -0.471 e. The van der Waals surface area contributed by atoms with Gasteiger partial charge in [-0.1, -0.05) is 19.1 Å². The fourth-order valence-corrected chi connectivity index (χ4v) is 2.88. The quantitative estimate of drug-likeness (QED) is 0.614. The van der Waals surface area contributed by atoms with Gasteiger partial charge in [0.2, 0.25) is 5.91 Å². The summed E-state index contributed by atoms with van der Waals surface area (Å²) in [6, 6.07) is 7.53. The zero-order valence-corrected chi connectivity index (χ0v) is 17.1. The van der Waals surface area contributed by atoms with Crippen molar-refractivity contribution in [2.75, 3.05) is 5.32 Å². The highest BCUT2D eigenvalue weighted by Gasteiger charge is 2.19. The Morgan fingerprint density at radius 1 is 1.26 bits per heavy atom. The molecule has 0 radical (unpaired) electrons. The van der Waals surface area contributed by atoms with Gasteiger partial charge in [0.15, 0.2) is 6.73 Å². The number of amides is 1. The number of anilines is 1. The monoisotopic (exact) mass is 431 g/mol. The van der Waals surface area contributed by atoms with Gasteiger partial charge in [-0.2, -0.15) is 10.2 Å². The van der Waals surface area contributed by atoms with E-state index in [2.05, 4.69) is 38.4 Å². The van der Waals surface area contributed by atoms with Gasteiger partial charge >= 0.3 is 0 Å². The van der Waals surface area contributed by atoms with E-state index in [1.54, 1.807) is 34.9 Å². The minimum absolute atomic E-state index is 0.163. The van der Waals surface area contributed by atoms with Crippen LogP contribution in [0.25, 0.3) is 0 Å². The molecule has 142 valence electrons. The third-order valence-electron chi connectivity index (χ3n) is 4.33. The summed E-state index contributed by atoms with van der Waals surface area (Å²) < 4.78 is 9.89. The molecule has 7 nitrogen and oxygen atoms in total. The molecular weight excluding hydrogens is 410 g/mol. The largest absolute Gasteiger partial charge is 0.471 e. The van der Waals surface area contributed by atoms with Gasteiger partial charge in [-0.25, -0.2) is 4.68 Å². The molecule has 1 N–H and O–H groups in total. The maximum atomic E-state index is 12.5. The Morgan fingerprint density at radius 2 is 2.00 bits per heavy atom. The topological polar surface area (TPSA) is 74.0 Å². The van der Waals surface area contributed by atoms with Crippen LogP contribution in [0.2, 0.25) is 0 Å². The highest BCUT2D eigenvalue weighted by molar-refractivity contribution is 9.10. The molecule has 3 rings (SSSR count). The molecule has 0 saturated heterocycles. The smallest absolute Gasteiger partial charge is 0.249 e. The lowest BCUT2D eigenvalue weighted by molar-refractivity contribution is -0.119. The fourth-order valence-electron chi connectivity index (χ4n) is 2.61. The molecule has 2 aromatic heterocycles. The Balaban J connectivity index is 1.56. The minimum atomic E-state index is -0.437. The van der Waals surface area contributed by atoms with Crippen molar-refractivity contribution in [2.45, 2.75) is 40.0 Å². The molecule has 1 atom stereocenters. The molecule has 8 heteroatoms. The van der Waals surface area contributed by atoms with Gasteiger partial charge in [0, 0.05) is 0 Å². The van der Waals surface area contributed by atoms with Crippen molar-refractivity contribution in [2.24, 2.45) is 0 Å². The summed E-state index contributed by atoms with van der Waals surface area (Å²) in [5.74, 6) is 0.617. The lowest BCUT2D eigenvalue weighted by Crippen LogP contribution is -2.25. The number of nitrogens with zero attached hydrogens (tertiary/aromatic N) is 4. The lowest BCUT2D eigenvalue weighted by Gasteiger charge is -2.13. The first-order chi connectivity index (χ1) is 13.0. The van der Waals surface area contributed by atoms with Crippen molar-refractivity contribution in [1.82, 2.24) is 19.6 Å². The predicted octanol–water partition coefficient (Wildman–Crippen LogP) is 3.95. The van der Waals surface area contributed by atoms with E-state index in [-0.39, 0.29) is 12.6 Å². The molecule has 0 fully saturated rings. The molecule has 0 aliphatic rings. The number of aryl methyl sites for hydroxylation is 1. The molecule has 1 unspecified atom stereocenters. The Bertz CT molecular complexity index is 917. The van der Waals surface area contributed by atoms with Crippen LogP contribution >= 0.6 is 15.9 Å². The van der Waals surface area contributed by atoms with Gasteiger partial charge in [0.1, 0.15) is 11.8 Å². The van der Waals surface area contributed by atoms with E-state index >= 15 is 0 Å². The van der Waals surface area contributed by atoms with E-state index in [1.165, 1.54) is 5.56 Å². The molecule has 3 aromatic rings. The van der Waals surface area contributed by atoms with Crippen LogP contribution < -0.4 is 10.1 Å². The number of carbonyl (C=O) groups is 1. The maximum absolute atomic E-state index is 12.5. The van der Waals surface area contributed by atoms with E-state index in [4.69, 9.17) is 4.74 Å². The fraction of sp³-hybridized carbons (Fsp3) is 0.316. The Hall–Kier alpha value is -2.61. The van der Waals surface area contributed by atoms with Crippen LogP contribution in [0.5, 0.6) is 5.75 Å². The van der Waals surface area contributed by atoms with Gasteiger partial charge in [-0.15, -0.1) is 0 Å². The normalized spacial score (nSPS) is 12.0. The van der Waals surface area contributed by atoms with E-state index in [0.29, 0.717) is 5.69 Å². The van der Waals surface area contributed by atoms with Crippen molar-refractivity contribution in [1.29, 1.82) is 0 Å². The van der Waals surface area contributed by atoms with Gasteiger partial charge in [0.25, 0.3) is 0 Å². The molecule has 2 heterocycles. The summed E-state index contributed by atoms with van der Waals surface area (Å²) in [5, 5.41) is 11.3. The molecule has 1 aromatic carbocycles. The second kappa shape index (κ2) is 8.39. The Morgan fingerprint density at radius 3 is 2.63 bits per heavy atom. The average molecular weight is 432 g/mol. The second-order valence-corrected chi connectivity index (χ2v) is 7.08. The highest BCUT2D eigenvalue weighted by atomic mass is 79.9. The third-order valence-corrected chi connectivity index (χ3v) is 5.11. The zero-order valence-electron chi connectivity index (χ0n) is 15.5. The van der Waals surface area contributed by atoms with Crippen LogP contribution in [0.15, 0.2) is 47.3 Å². The molecule has 27 heavy (non-hydrogen) atoms. The molecule has 1 amide bonds. The van der Waals surface area contributed by atoms with Crippen molar-refractivity contribution in [3.63, 3.8) is 0 Å². The molecule has 0 saturated carbocycles. The first-order valence-electron chi connectivity index (χ1n) is 8.72. The standard InChI is InChI=1S/C19H22BrN5O2/c1-4-15-5-7-17(8-6-15)27-12-24-11-16(9-21-24)23-19(26)14(3)25-13(2)18(20)10-22-25/h5-11,14H,4,12H2,1-3H3,(H,23,26). The number of hydrogen-bond donors (Lipinski definition) is 1. The third kappa shape index (κ3) is 4.57. The van der Waals surface area contributed by atoms with Crippen LogP contribution in [-0.4, -0.2) is 25.5 Å². The van der Waals surface area contributed by atoms with Crippen LogP contribution in [0.3, 0.4) is 0 Å². The summed E-state index contributed by atoms with van der Waals surface area (Å²) in [7, 11) is 0. The van der Waals surface area contributed by atoms with E-state index < -0.39 is 6.04 Å². The summed E-state index contributed by atoms with van der Waals surface area (Å²) >= 11 is 3.41. The van der Waals surface area contributed by atoms with Crippen LogP contribution in [0.4, 0.5) is 5.69 Å². The van der Waals surface area contributed by atoms with Crippen molar-refractivity contribution >= 4 is 27.5 Å². The summed E-state index contributed by atoms with van der Waals surface area (Å²) in [5.41, 5.74) is 2.77. The molecule has 0 aliphatic heterocycles. The number of benzene rings is 1. The van der Waals surface area contributed by atoms with Gasteiger partial charge in [0.05, 0.1) is 34.4 Å². The van der Waals surface area contributed by atoms with Gasteiger partial charge < -0.3 is 10.1 Å². The predicted molar refractivity (Wildman–Crippen MR) is 107 cm³/mol. The number of rotatable bonds is 7. The van der Waals surface area contributed by atoms with Gasteiger partial charge in [-0.05, 0) is 53.9 Å². The SMILES string of the molecule is CCc1ccc(OCn2cc(NC(=O)C(C)n3ncc(Br)c3C)cn2)cc1. The zero-order chi connectivity index (χ0) is 19.4. The average Bonchev–Trinajstić information content (AvgIpc) is 3.26. The number of hydrogen-bond acceptors (Lipinski definition) is 4. The first-order valence-corrected chi connectivity index (χ1v) is 9.52. The van der Waals surface area contributed by atoms with Gasteiger partial charge in [-0.3, -0.25) is 9.48 Å². The second-order valence-electron chi connectivity index (χ2n) is 6.23. The summed E-state index contributed by atoms with van der Waals surface area (Å²) in [4.78, 5) is 12.5. The van der Waals surface area contributed by atoms with Crippen molar-refractivity contribution in [3.8, 4) is 5.75 Å². The number of nitrogens with one attached hydrogen (secondary N) is 1. The highest BCUT2D eigenvalue weighted by Crippen LogP contribution is 2.19. The van der Waals surface area contributed by atoms with Crippen LogP contribution in [-0.2, 0) is 17.9 Å². The summed E-state index contributed by atoms with van der Waals surface area (Å²) in [6.07, 6.45) is 6.01.